The van der Waals surface area contributed by atoms with Crippen molar-refractivity contribution in [2.45, 2.75) is 44.1 Å². The average Bonchev–Trinajstić information content (AvgIpc) is 3.00. The number of rotatable bonds is 5. The molecule has 1 aromatic carbocycles. The normalized spacial score (nSPS) is 19.6. The summed E-state index contributed by atoms with van der Waals surface area (Å²) >= 11 is 1.82. The quantitative estimate of drug-likeness (QED) is 0.650. The van der Waals surface area contributed by atoms with Crippen molar-refractivity contribution in [3.8, 4) is 0 Å². The van der Waals surface area contributed by atoms with Gasteiger partial charge in [0.1, 0.15) is 0 Å². The van der Waals surface area contributed by atoms with Gasteiger partial charge in [-0.25, -0.2) is 0 Å². The summed E-state index contributed by atoms with van der Waals surface area (Å²) < 4.78 is 0. The lowest BCUT2D eigenvalue weighted by Crippen LogP contribution is -2.38. The Morgan fingerprint density at radius 2 is 2.15 bits per heavy atom. The van der Waals surface area contributed by atoms with Gasteiger partial charge in [0.2, 0.25) is 0 Å². The van der Waals surface area contributed by atoms with E-state index in [1.807, 2.05) is 11.3 Å². The lowest BCUT2D eigenvalue weighted by atomic mass is 9.79. The summed E-state index contributed by atoms with van der Waals surface area (Å²) in [6.07, 6.45) is 5.99. The zero-order valence-corrected chi connectivity index (χ0v) is 12.5. The van der Waals surface area contributed by atoms with Gasteiger partial charge in [0, 0.05) is 10.9 Å². The second kappa shape index (κ2) is 6.53. The van der Waals surface area contributed by atoms with Gasteiger partial charge in [0.15, 0.2) is 0 Å². The van der Waals surface area contributed by atoms with Crippen LogP contribution in [0.25, 0.3) is 0 Å². The second-order valence-corrected chi connectivity index (χ2v) is 6.70. The van der Waals surface area contributed by atoms with Crippen LogP contribution in [-0.2, 0) is 12.8 Å². The van der Waals surface area contributed by atoms with E-state index in [9.17, 15) is 0 Å². The zero-order chi connectivity index (χ0) is 13.8. The smallest absolute Gasteiger partial charge is 0.0264 e. The van der Waals surface area contributed by atoms with Crippen LogP contribution in [-0.4, -0.2) is 6.04 Å². The molecule has 0 bridgehead atoms. The average molecular weight is 286 g/mol. The van der Waals surface area contributed by atoms with Gasteiger partial charge in [-0.15, -0.1) is 11.3 Å². The highest BCUT2D eigenvalue weighted by atomic mass is 32.1. The molecule has 2 aromatic rings. The van der Waals surface area contributed by atoms with Crippen LogP contribution in [0, 0.1) is 0 Å². The van der Waals surface area contributed by atoms with Gasteiger partial charge in [-0.1, -0.05) is 30.3 Å². The summed E-state index contributed by atoms with van der Waals surface area (Å²) in [5.41, 5.74) is 6.11. The van der Waals surface area contributed by atoms with E-state index in [2.05, 4.69) is 47.2 Å². The van der Waals surface area contributed by atoms with Gasteiger partial charge in [-0.2, -0.15) is 0 Å². The lowest BCUT2D eigenvalue weighted by Gasteiger charge is -2.28. The van der Waals surface area contributed by atoms with E-state index in [0.717, 1.165) is 12.8 Å². The molecule has 2 unspecified atom stereocenters. The van der Waals surface area contributed by atoms with Crippen molar-refractivity contribution in [3.05, 3.63) is 57.8 Å². The van der Waals surface area contributed by atoms with E-state index >= 15 is 0 Å². The molecular weight excluding hydrogens is 264 g/mol. The Labute approximate surface area is 125 Å². The Balaban J connectivity index is 1.70. The monoisotopic (exact) mass is 286 g/mol. The minimum Gasteiger partial charge on any atom is -0.271 e. The third-order valence-electron chi connectivity index (χ3n) is 4.33. The number of thiophene rings is 1. The molecule has 0 saturated carbocycles. The van der Waals surface area contributed by atoms with Gasteiger partial charge in [-0.3, -0.25) is 11.3 Å². The number of hydrazine groups is 1. The number of aryl methyl sites for hydroxylation is 1. The highest BCUT2D eigenvalue weighted by Crippen LogP contribution is 2.35. The van der Waals surface area contributed by atoms with Crippen LogP contribution in [0.15, 0.2) is 41.8 Å². The van der Waals surface area contributed by atoms with E-state index in [4.69, 9.17) is 5.84 Å². The summed E-state index contributed by atoms with van der Waals surface area (Å²) in [5.74, 6) is 6.43. The lowest BCUT2D eigenvalue weighted by molar-refractivity contribution is 0.415. The van der Waals surface area contributed by atoms with E-state index in [0.29, 0.717) is 12.0 Å². The zero-order valence-electron chi connectivity index (χ0n) is 11.7. The van der Waals surface area contributed by atoms with Gasteiger partial charge in [-0.05, 0) is 60.6 Å². The van der Waals surface area contributed by atoms with Crippen LogP contribution < -0.4 is 11.3 Å². The Bertz CT molecular complexity index is 536. The maximum atomic E-state index is 5.78. The summed E-state index contributed by atoms with van der Waals surface area (Å²) in [6.45, 7) is 0. The fourth-order valence-electron chi connectivity index (χ4n) is 3.32. The SMILES string of the molecule is NNC(Cc1cccs1)CC1CCCc2ccccc21. The van der Waals surface area contributed by atoms with Crippen LogP contribution in [0.2, 0.25) is 0 Å². The maximum absolute atomic E-state index is 5.78. The molecule has 0 spiro atoms. The summed E-state index contributed by atoms with van der Waals surface area (Å²) in [5, 5.41) is 2.14. The van der Waals surface area contributed by atoms with Crippen LogP contribution in [0.3, 0.4) is 0 Å². The Hall–Kier alpha value is -1.16. The molecule has 2 atom stereocenters. The molecule has 0 radical (unpaired) electrons. The van der Waals surface area contributed by atoms with Crippen molar-refractivity contribution in [2.75, 3.05) is 0 Å². The van der Waals surface area contributed by atoms with Crippen LogP contribution >= 0.6 is 11.3 Å². The second-order valence-electron chi connectivity index (χ2n) is 5.67. The first-order valence-corrected chi connectivity index (χ1v) is 8.31. The van der Waals surface area contributed by atoms with Crippen molar-refractivity contribution in [1.29, 1.82) is 0 Å². The molecule has 0 saturated heterocycles. The fraction of sp³-hybridized carbons (Fsp3) is 0.412. The Morgan fingerprint density at radius 3 is 2.95 bits per heavy atom. The highest BCUT2D eigenvalue weighted by Gasteiger charge is 2.23. The van der Waals surface area contributed by atoms with Crippen molar-refractivity contribution in [2.24, 2.45) is 5.84 Å². The minimum atomic E-state index is 0.366. The van der Waals surface area contributed by atoms with Crippen molar-refractivity contribution in [3.63, 3.8) is 0 Å². The first-order valence-electron chi connectivity index (χ1n) is 7.43. The van der Waals surface area contributed by atoms with Gasteiger partial charge in [0.05, 0.1) is 0 Å². The molecule has 3 heteroatoms. The first kappa shape index (κ1) is 13.8. The maximum Gasteiger partial charge on any atom is 0.0264 e. The number of hydrogen-bond acceptors (Lipinski definition) is 3. The molecule has 2 nitrogen and oxygen atoms in total. The number of nitrogens with one attached hydrogen (secondary N) is 1. The number of nitrogens with two attached hydrogens (primary N) is 1. The van der Waals surface area contributed by atoms with E-state index in [1.165, 1.54) is 29.7 Å². The Morgan fingerprint density at radius 1 is 1.25 bits per heavy atom. The molecule has 3 N–H and O–H groups in total. The third-order valence-corrected chi connectivity index (χ3v) is 5.22. The van der Waals surface area contributed by atoms with Crippen molar-refractivity contribution >= 4 is 11.3 Å². The molecular formula is C17H22N2S. The Kier molecular flexibility index (Phi) is 4.51. The molecule has 0 fully saturated rings. The van der Waals surface area contributed by atoms with Gasteiger partial charge >= 0.3 is 0 Å². The molecule has 0 aliphatic heterocycles. The van der Waals surface area contributed by atoms with Gasteiger partial charge < -0.3 is 0 Å². The topological polar surface area (TPSA) is 38.0 Å². The minimum absolute atomic E-state index is 0.366. The molecule has 1 aliphatic carbocycles. The standard InChI is InChI=1S/C17H22N2S/c18-19-15(12-16-8-4-10-20-16)11-14-7-3-6-13-5-1-2-9-17(13)14/h1-2,4-5,8-10,14-15,19H,3,6-7,11-12,18H2. The molecule has 106 valence electrons. The van der Waals surface area contributed by atoms with E-state index in [1.54, 1.807) is 5.56 Å². The highest BCUT2D eigenvalue weighted by molar-refractivity contribution is 7.09. The predicted molar refractivity (Wildman–Crippen MR) is 85.9 cm³/mol. The van der Waals surface area contributed by atoms with Crippen molar-refractivity contribution < 1.29 is 0 Å². The fourth-order valence-corrected chi connectivity index (χ4v) is 4.11. The molecule has 1 aromatic heterocycles. The van der Waals surface area contributed by atoms with Crippen LogP contribution in [0.5, 0.6) is 0 Å². The molecule has 1 aliphatic rings. The number of fused-ring (bicyclic) bond motifs is 1. The summed E-state index contributed by atoms with van der Waals surface area (Å²) in [4.78, 5) is 1.41. The molecule has 3 rings (SSSR count). The molecule has 1 heterocycles. The molecule has 20 heavy (non-hydrogen) atoms. The first-order chi connectivity index (χ1) is 9.86. The van der Waals surface area contributed by atoms with Crippen LogP contribution in [0.1, 0.15) is 41.2 Å². The third kappa shape index (κ3) is 3.11. The summed E-state index contributed by atoms with van der Waals surface area (Å²) in [6, 6.07) is 13.6. The van der Waals surface area contributed by atoms with E-state index < -0.39 is 0 Å². The number of benzene rings is 1. The van der Waals surface area contributed by atoms with E-state index in [-0.39, 0.29) is 0 Å². The largest absolute Gasteiger partial charge is 0.271 e. The predicted octanol–water partition coefficient (Wildman–Crippen LogP) is 3.63. The summed E-state index contributed by atoms with van der Waals surface area (Å²) in [7, 11) is 0. The number of hydrogen-bond donors (Lipinski definition) is 2. The van der Waals surface area contributed by atoms with Crippen molar-refractivity contribution in [1.82, 2.24) is 5.43 Å². The molecule has 0 amide bonds. The van der Waals surface area contributed by atoms with Gasteiger partial charge in [0.25, 0.3) is 0 Å². The van der Waals surface area contributed by atoms with Crippen LogP contribution in [0.4, 0.5) is 0 Å².